The first-order valence-electron chi connectivity index (χ1n) is 6.63. The first-order chi connectivity index (χ1) is 8.83. The molecule has 0 amide bonds. The van der Waals surface area contributed by atoms with Crippen LogP contribution in [0.3, 0.4) is 0 Å². The molecule has 0 spiro atoms. The molecular formula is C15H19N3. The summed E-state index contributed by atoms with van der Waals surface area (Å²) in [6.07, 6.45) is 7.84. The lowest BCUT2D eigenvalue weighted by atomic mass is 10.1. The largest absolute Gasteiger partial charge is 0.367 e. The second-order valence-corrected chi connectivity index (χ2v) is 5.03. The van der Waals surface area contributed by atoms with Gasteiger partial charge >= 0.3 is 0 Å². The van der Waals surface area contributed by atoms with Gasteiger partial charge in [-0.2, -0.15) is 5.10 Å². The number of nitrogens with zero attached hydrogens (tertiary/aromatic N) is 3. The van der Waals surface area contributed by atoms with Gasteiger partial charge in [0.2, 0.25) is 0 Å². The van der Waals surface area contributed by atoms with Crippen LogP contribution in [0.25, 0.3) is 0 Å². The third-order valence-corrected chi connectivity index (χ3v) is 3.59. The van der Waals surface area contributed by atoms with Crippen molar-refractivity contribution in [2.45, 2.75) is 25.8 Å². The number of rotatable bonds is 2. The van der Waals surface area contributed by atoms with Crippen molar-refractivity contribution in [3.8, 4) is 0 Å². The molecule has 0 atom stereocenters. The fourth-order valence-electron chi connectivity index (χ4n) is 2.71. The third-order valence-electron chi connectivity index (χ3n) is 3.59. The van der Waals surface area contributed by atoms with Crippen LogP contribution in [-0.4, -0.2) is 16.3 Å². The van der Waals surface area contributed by atoms with Crippen molar-refractivity contribution in [2.24, 2.45) is 7.05 Å². The topological polar surface area (TPSA) is 21.1 Å². The molecule has 3 nitrogen and oxygen atoms in total. The van der Waals surface area contributed by atoms with Crippen LogP contribution in [0.4, 0.5) is 5.69 Å². The predicted molar refractivity (Wildman–Crippen MR) is 73.6 cm³/mol. The zero-order valence-corrected chi connectivity index (χ0v) is 10.8. The predicted octanol–water partition coefficient (Wildman–Crippen LogP) is 2.76. The molecule has 2 heterocycles. The fraction of sp³-hybridized carbons (Fsp3) is 0.400. The van der Waals surface area contributed by atoms with Crippen LogP contribution in [0.1, 0.15) is 24.0 Å². The molecule has 0 aliphatic carbocycles. The Hall–Kier alpha value is -1.77. The van der Waals surface area contributed by atoms with Crippen molar-refractivity contribution < 1.29 is 0 Å². The number of para-hydroxylation sites is 1. The highest BCUT2D eigenvalue weighted by Crippen LogP contribution is 2.27. The van der Waals surface area contributed by atoms with Crippen LogP contribution in [0.2, 0.25) is 0 Å². The van der Waals surface area contributed by atoms with Gasteiger partial charge in [0.25, 0.3) is 0 Å². The number of fused-ring (bicyclic) bond motifs is 1. The molecule has 0 saturated heterocycles. The Morgan fingerprint density at radius 1 is 1.22 bits per heavy atom. The summed E-state index contributed by atoms with van der Waals surface area (Å²) in [5.74, 6) is 0. The minimum absolute atomic E-state index is 0.963. The Morgan fingerprint density at radius 3 is 2.94 bits per heavy atom. The molecular weight excluding hydrogens is 222 g/mol. The molecule has 3 rings (SSSR count). The molecule has 18 heavy (non-hydrogen) atoms. The Labute approximate surface area is 108 Å². The molecule has 0 bridgehead atoms. The van der Waals surface area contributed by atoms with E-state index in [0.29, 0.717) is 0 Å². The summed E-state index contributed by atoms with van der Waals surface area (Å²) in [4.78, 5) is 2.49. The second kappa shape index (κ2) is 4.84. The maximum absolute atomic E-state index is 4.25. The highest BCUT2D eigenvalue weighted by atomic mass is 15.2. The average molecular weight is 241 g/mol. The van der Waals surface area contributed by atoms with Crippen LogP contribution in [0, 0.1) is 0 Å². The van der Waals surface area contributed by atoms with Gasteiger partial charge in [-0.15, -0.1) is 0 Å². The lowest BCUT2D eigenvalue weighted by Crippen LogP contribution is -2.23. The van der Waals surface area contributed by atoms with E-state index >= 15 is 0 Å². The number of hydrogen-bond donors (Lipinski definition) is 0. The summed E-state index contributed by atoms with van der Waals surface area (Å²) in [5, 5.41) is 4.25. The summed E-state index contributed by atoms with van der Waals surface area (Å²) in [7, 11) is 1.97. The van der Waals surface area contributed by atoms with Crippen molar-refractivity contribution in [3.63, 3.8) is 0 Å². The third kappa shape index (κ3) is 2.26. The molecule has 0 unspecified atom stereocenters. The minimum atomic E-state index is 0.963. The SMILES string of the molecule is Cn1cc(CN2CCCCc3ccccc32)cn1. The maximum Gasteiger partial charge on any atom is 0.0539 e. The van der Waals surface area contributed by atoms with Gasteiger partial charge in [-0.3, -0.25) is 4.68 Å². The van der Waals surface area contributed by atoms with Gasteiger partial charge in [-0.25, -0.2) is 0 Å². The van der Waals surface area contributed by atoms with Crippen LogP contribution >= 0.6 is 0 Å². The molecule has 3 heteroatoms. The Kier molecular flexibility index (Phi) is 3.05. The first kappa shape index (κ1) is 11.3. The molecule has 0 radical (unpaired) electrons. The first-order valence-corrected chi connectivity index (χ1v) is 6.63. The van der Waals surface area contributed by atoms with Gasteiger partial charge in [0.1, 0.15) is 0 Å². The van der Waals surface area contributed by atoms with E-state index in [1.165, 1.54) is 36.1 Å². The molecule has 1 aromatic carbocycles. The second-order valence-electron chi connectivity index (χ2n) is 5.03. The Bertz CT molecular complexity index is 530. The van der Waals surface area contributed by atoms with Crippen LogP contribution < -0.4 is 4.90 Å². The quantitative estimate of drug-likeness (QED) is 0.806. The van der Waals surface area contributed by atoms with E-state index in [9.17, 15) is 0 Å². The smallest absolute Gasteiger partial charge is 0.0539 e. The summed E-state index contributed by atoms with van der Waals surface area (Å²) in [5.41, 5.74) is 4.17. The summed E-state index contributed by atoms with van der Waals surface area (Å²) in [6, 6.07) is 8.79. The number of benzene rings is 1. The molecule has 1 aromatic heterocycles. The molecule has 0 N–H and O–H groups in total. The summed E-state index contributed by atoms with van der Waals surface area (Å²) >= 11 is 0. The summed E-state index contributed by atoms with van der Waals surface area (Å²) in [6.45, 7) is 2.11. The van der Waals surface area contributed by atoms with Gasteiger partial charge < -0.3 is 4.90 Å². The van der Waals surface area contributed by atoms with Crippen molar-refractivity contribution in [1.82, 2.24) is 9.78 Å². The zero-order chi connectivity index (χ0) is 12.4. The van der Waals surface area contributed by atoms with Crippen LogP contribution in [-0.2, 0) is 20.0 Å². The number of anilines is 1. The van der Waals surface area contributed by atoms with Crippen LogP contribution in [0.15, 0.2) is 36.7 Å². The van der Waals surface area contributed by atoms with Crippen molar-refractivity contribution in [3.05, 3.63) is 47.8 Å². The van der Waals surface area contributed by atoms with E-state index in [0.717, 1.165) is 13.1 Å². The highest BCUT2D eigenvalue weighted by Gasteiger charge is 2.15. The van der Waals surface area contributed by atoms with E-state index < -0.39 is 0 Å². The average Bonchev–Trinajstić information content (AvgIpc) is 2.68. The van der Waals surface area contributed by atoms with Crippen molar-refractivity contribution >= 4 is 5.69 Å². The van der Waals surface area contributed by atoms with E-state index in [4.69, 9.17) is 0 Å². The molecule has 0 fully saturated rings. The minimum Gasteiger partial charge on any atom is -0.367 e. The van der Waals surface area contributed by atoms with Gasteiger partial charge in [0, 0.05) is 37.6 Å². The lowest BCUT2D eigenvalue weighted by molar-refractivity contribution is 0.713. The van der Waals surface area contributed by atoms with Gasteiger partial charge in [-0.1, -0.05) is 18.2 Å². The van der Waals surface area contributed by atoms with Gasteiger partial charge in [-0.05, 0) is 30.9 Å². The Balaban J connectivity index is 1.87. The van der Waals surface area contributed by atoms with E-state index in [2.05, 4.69) is 40.5 Å². The van der Waals surface area contributed by atoms with Crippen molar-refractivity contribution in [1.29, 1.82) is 0 Å². The Morgan fingerprint density at radius 2 is 2.11 bits per heavy atom. The van der Waals surface area contributed by atoms with Gasteiger partial charge in [0.15, 0.2) is 0 Å². The lowest BCUT2D eigenvalue weighted by Gasteiger charge is -2.24. The normalized spacial score (nSPS) is 15.3. The molecule has 1 aliphatic heterocycles. The maximum atomic E-state index is 4.25. The number of aryl methyl sites for hydroxylation is 2. The number of hydrogen-bond acceptors (Lipinski definition) is 2. The summed E-state index contributed by atoms with van der Waals surface area (Å²) < 4.78 is 1.87. The highest BCUT2D eigenvalue weighted by molar-refractivity contribution is 5.54. The van der Waals surface area contributed by atoms with E-state index in [1.807, 2.05) is 17.9 Å². The zero-order valence-electron chi connectivity index (χ0n) is 10.8. The van der Waals surface area contributed by atoms with Crippen LogP contribution in [0.5, 0.6) is 0 Å². The van der Waals surface area contributed by atoms with E-state index in [-0.39, 0.29) is 0 Å². The van der Waals surface area contributed by atoms with Gasteiger partial charge in [0.05, 0.1) is 6.20 Å². The monoisotopic (exact) mass is 241 g/mol. The molecule has 94 valence electrons. The number of aromatic nitrogens is 2. The molecule has 0 saturated carbocycles. The fourth-order valence-corrected chi connectivity index (χ4v) is 2.71. The standard InChI is InChI=1S/C15H19N3/c1-17-11-13(10-16-17)12-18-9-5-4-7-14-6-2-3-8-15(14)18/h2-3,6,8,10-11H,4-5,7,9,12H2,1H3. The van der Waals surface area contributed by atoms with Crippen molar-refractivity contribution in [2.75, 3.05) is 11.4 Å². The molecule has 1 aliphatic rings. The molecule has 2 aromatic rings. The van der Waals surface area contributed by atoms with E-state index in [1.54, 1.807) is 0 Å².